The van der Waals surface area contributed by atoms with Gasteiger partial charge in [0, 0.05) is 5.56 Å². The summed E-state index contributed by atoms with van der Waals surface area (Å²) >= 11 is 6.91. The van der Waals surface area contributed by atoms with Crippen LogP contribution in [0.5, 0.6) is 0 Å². The molecular formula is C7H8Br2N2. The SMILES string of the molecule is Cc1c(Br)nn(C2CC2)c1Br. The summed E-state index contributed by atoms with van der Waals surface area (Å²) in [6.45, 7) is 2.06. The molecule has 0 spiro atoms. The van der Waals surface area contributed by atoms with Crippen LogP contribution in [-0.2, 0) is 0 Å². The van der Waals surface area contributed by atoms with E-state index in [-0.39, 0.29) is 0 Å². The Bertz CT molecular complexity index is 289. The summed E-state index contributed by atoms with van der Waals surface area (Å²) in [4.78, 5) is 0. The molecule has 60 valence electrons. The second-order valence-electron chi connectivity index (χ2n) is 2.88. The largest absolute Gasteiger partial charge is 0.254 e. The van der Waals surface area contributed by atoms with E-state index in [1.54, 1.807) is 0 Å². The van der Waals surface area contributed by atoms with Gasteiger partial charge in [-0.1, -0.05) is 0 Å². The summed E-state index contributed by atoms with van der Waals surface area (Å²) in [5, 5.41) is 4.36. The van der Waals surface area contributed by atoms with Crippen LogP contribution in [0.15, 0.2) is 9.21 Å². The maximum atomic E-state index is 4.36. The van der Waals surface area contributed by atoms with Gasteiger partial charge in [-0.15, -0.1) is 0 Å². The third-order valence-electron chi connectivity index (χ3n) is 1.91. The monoisotopic (exact) mass is 278 g/mol. The van der Waals surface area contributed by atoms with Gasteiger partial charge in [0.15, 0.2) is 0 Å². The zero-order valence-corrected chi connectivity index (χ0v) is 9.31. The van der Waals surface area contributed by atoms with Crippen molar-refractivity contribution in [1.29, 1.82) is 0 Å². The summed E-state index contributed by atoms with van der Waals surface area (Å²) in [6.07, 6.45) is 2.54. The van der Waals surface area contributed by atoms with Gasteiger partial charge in [-0.25, -0.2) is 0 Å². The van der Waals surface area contributed by atoms with Crippen molar-refractivity contribution in [2.75, 3.05) is 0 Å². The fraction of sp³-hybridized carbons (Fsp3) is 0.571. The normalized spacial score (nSPS) is 17.4. The molecule has 11 heavy (non-hydrogen) atoms. The maximum Gasteiger partial charge on any atom is 0.132 e. The molecule has 1 heterocycles. The average Bonchev–Trinajstić information content (AvgIpc) is 2.76. The first-order valence-corrected chi connectivity index (χ1v) is 5.19. The lowest BCUT2D eigenvalue weighted by Gasteiger charge is -1.97. The summed E-state index contributed by atoms with van der Waals surface area (Å²) in [6, 6.07) is 0.648. The molecule has 0 radical (unpaired) electrons. The minimum Gasteiger partial charge on any atom is -0.254 e. The third-order valence-corrected chi connectivity index (χ3v) is 3.62. The molecule has 0 saturated heterocycles. The Labute approximate surface area is 82.2 Å². The fourth-order valence-corrected chi connectivity index (χ4v) is 2.21. The van der Waals surface area contributed by atoms with Crippen molar-refractivity contribution in [3.8, 4) is 0 Å². The van der Waals surface area contributed by atoms with E-state index in [9.17, 15) is 0 Å². The average molecular weight is 280 g/mol. The van der Waals surface area contributed by atoms with E-state index in [0.29, 0.717) is 6.04 Å². The second kappa shape index (κ2) is 2.59. The fourth-order valence-electron chi connectivity index (χ4n) is 1.03. The van der Waals surface area contributed by atoms with Gasteiger partial charge in [-0.05, 0) is 51.6 Å². The van der Waals surface area contributed by atoms with Crippen molar-refractivity contribution in [1.82, 2.24) is 9.78 Å². The van der Waals surface area contributed by atoms with Crippen molar-refractivity contribution >= 4 is 31.9 Å². The lowest BCUT2D eigenvalue weighted by Crippen LogP contribution is -1.95. The van der Waals surface area contributed by atoms with E-state index in [0.717, 1.165) is 9.21 Å². The summed E-state index contributed by atoms with van der Waals surface area (Å²) in [5.41, 5.74) is 1.19. The quantitative estimate of drug-likeness (QED) is 0.773. The van der Waals surface area contributed by atoms with Gasteiger partial charge in [-0.3, -0.25) is 4.68 Å². The van der Waals surface area contributed by atoms with Gasteiger partial charge in [0.25, 0.3) is 0 Å². The van der Waals surface area contributed by atoms with Gasteiger partial charge in [0.2, 0.25) is 0 Å². The molecule has 4 heteroatoms. The molecule has 2 nitrogen and oxygen atoms in total. The van der Waals surface area contributed by atoms with Crippen LogP contribution in [0.25, 0.3) is 0 Å². The van der Waals surface area contributed by atoms with Crippen LogP contribution in [0.3, 0.4) is 0 Å². The first kappa shape index (κ1) is 7.80. The molecule has 1 saturated carbocycles. The molecule has 0 unspecified atom stereocenters. The molecule has 1 fully saturated rings. The van der Waals surface area contributed by atoms with Crippen LogP contribution in [0.2, 0.25) is 0 Å². The predicted octanol–water partition coefficient (Wildman–Crippen LogP) is 3.05. The van der Waals surface area contributed by atoms with E-state index < -0.39 is 0 Å². The molecule has 0 N–H and O–H groups in total. The Morgan fingerprint density at radius 1 is 1.45 bits per heavy atom. The van der Waals surface area contributed by atoms with E-state index in [1.807, 2.05) is 0 Å². The first-order valence-electron chi connectivity index (χ1n) is 3.60. The molecular weight excluding hydrogens is 272 g/mol. The Balaban J connectivity index is 2.46. The third kappa shape index (κ3) is 1.26. The van der Waals surface area contributed by atoms with Crippen molar-refractivity contribution in [3.05, 3.63) is 14.8 Å². The van der Waals surface area contributed by atoms with Crippen LogP contribution >= 0.6 is 31.9 Å². The first-order chi connectivity index (χ1) is 5.20. The van der Waals surface area contributed by atoms with E-state index in [1.165, 1.54) is 18.4 Å². The Morgan fingerprint density at radius 2 is 2.09 bits per heavy atom. The molecule has 1 aliphatic carbocycles. The number of hydrogen-bond acceptors (Lipinski definition) is 1. The van der Waals surface area contributed by atoms with Gasteiger partial charge in [0.1, 0.15) is 9.21 Å². The van der Waals surface area contributed by atoms with E-state index in [2.05, 4.69) is 48.6 Å². The van der Waals surface area contributed by atoms with E-state index in [4.69, 9.17) is 0 Å². The Hall–Kier alpha value is 0.170. The lowest BCUT2D eigenvalue weighted by atomic mass is 10.4. The summed E-state index contributed by atoms with van der Waals surface area (Å²) in [7, 11) is 0. The Kier molecular flexibility index (Phi) is 1.84. The standard InChI is InChI=1S/C7H8Br2N2/c1-4-6(8)10-11(7(4)9)5-2-3-5/h5H,2-3H2,1H3. The van der Waals surface area contributed by atoms with Crippen LogP contribution in [-0.4, -0.2) is 9.78 Å². The molecule has 0 aromatic carbocycles. The molecule has 1 aromatic heterocycles. The molecule has 0 amide bonds. The molecule has 1 aromatic rings. The number of halogens is 2. The van der Waals surface area contributed by atoms with Crippen molar-refractivity contribution in [2.45, 2.75) is 25.8 Å². The van der Waals surface area contributed by atoms with E-state index >= 15 is 0 Å². The highest BCUT2D eigenvalue weighted by Gasteiger charge is 2.27. The number of hydrogen-bond donors (Lipinski definition) is 0. The highest BCUT2D eigenvalue weighted by Crippen LogP contribution is 2.39. The number of rotatable bonds is 1. The zero-order valence-electron chi connectivity index (χ0n) is 6.14. The smallest absolute Gasteiger partial charge is 0.132 e. The van der Waals surface area contributed by atoms with Crippen molar-refractivity contribution < 1.29 is 0 Å². The van der Waals surface area contributed by atoms with Crippen molar-refractivity contribution in [2.24, 2.45) is 0 Å². The molecule has 0 bridgehead atoms. The summed E-state index contributed by atoms with van der Waals surface area (Å²) < 4.78 is 4.13. The van der Waals surface area contributed by atoms with Crippen molar-refractivity contribution in [3.63, 3.8) is 0 Å². The second-order valence-corrected chi connectivity index (χ2v) is 4.38. The lowest BCUT2D eigenvalue weighted by molar-refractivity contribution is 0.623. The predicted molar refractivity (Wildman–Crippen MR) is 50.6 cm³/mol. The van der Waals surface area contributed by atoms with Gasteiger partial charge < -0.3 is 0 Å². The zero-order chi connectivity index (χ0) is 8.01. The molecule has 2 rings (SSSR count). The van der Waals surface area contributed by atoms with Gasteiger partial charge >= 0.3 is 0 Å². The Morgan fingerprint density at radius 3 is 2.45 bits per heavy atom. The number of nitrogens with zero attached hydrogens (tertiary/aromatic N) is 2. The van der Waals surface area contributed by atoms with Gasteiger partial charge in [-0.2, -0.15) is 5.10 Å². The molecule has 0 aliphatic heterocycles. The van der Waals surface area contributed by atoms with Gasteiger partial charge in [0.05, 0.1) is 6.04 Å². The summed E-state index contributed by atoms with van der Waals surface area (Å²) in [5.74, 6) is 0. The molecule has 1 aliphatic rings. The highest BCUT2D eigenvalue weighted by atomic mass is 79.9. The minimum atomic E-state index is 0.648. The van der Waals surface area contributed by atoms with Crippen LogP contribution < -0.4 is 0 Å². The van der Waals surface area contributed by atoms with Crippen LogP contribution in [0.1, 0.15) is 24.4 Å². The van der Waals surface area contributed by atoms with Crippen LogP contribution in [0.4, 0.5) is 0 Å². The number of aromatic nitrogens is 2. The molecule has 0 atom stereocenters. The maximum absolute atomic E-state index is 4.36. The topological polar surface area (TPSA) is 17.8 Å². The minimum absolute atomic E-state index is 0.648. The van der Waals surface area contributed by atoms with Crippen LogP contribution in [0, 0.1) is 6.92 Å². The highest BCUT2D eigenvalue weighted by molar-refractivity contribution is 9.11.